The lowest BCUT2D eigenvalue weighted by Gasteiger charge is -2.16. The Hall–Kier alpha value is -0.950. The van der Waals surface area contributed by atoms with Crippen LogP contribution in [0.5, 0.6) is 0 Å². The van der Waals surface area contributed by atoms with Gasteiger partial charge in [-0.15, -0.1) is 0 Å². The molecule has 0 spiro atoms. The van der Waals surface area contributed by atoms with E-state index in [2.05, 4.69) is 0 Å². The molecule has 0 aromatic heterocycles. The molecule has 0 atom stereocenters. The smallest absolute Gasteiger partial charge is 0.160 e. The van der Waals surface area contributed by atoms with Gasteiger partial charge in [-0.3, -0.25) is 4.79 Å². The summed E-state index contributed by atoms with van der Waals surface area (Å²) in [5.74, 6) is -0.0595. The molecule has 0 heterocycles. The minimum atomic E-state index is -0.468. The predicted octanol–water partition coefficient (Wildman–Crippen LogP) is 0.806. The Kier molecular flexibility index (Phi) is 9.49. The summed E-state index contributed by atoms with van der Waals surface area (Å²) in [5.41, 5.74) is 5.93. The fraction of sp³-hybridized carbons (Fsp3) is 0.750. The van der Waals surface area contributed by atoms with Crippen LogP contribution in [0.4, 0.5) is 0 Å². The highest BCUT2D eigenvalue weighted by molar-refractivity contribution is 5.95. The van der Waals surface area contributed by atoms with E-state index in [1.165, 1.54) is 34.6 Å². The first kappa shape index (κ1) is 17.1. The molecule has 0 unspecified atom stereocenters. The first-order chi connectivity index (χ1) is 8.62. The lowest BCUT2D eigenvalue weighted by molar-refractivity contribution is -0.127. The van der Waals surface area contributed by atoms with Crippen molar-refractivity contribution in [3.05, 3.63) is 11.8 Å². The van der Waals surface area contributed by atoms with Crippen LogP contribution in [0.1, 0.15) is 19.3 Å². The molecule has 0 aliphatic heterocycles. The molecule has 0 bridgehead atoms. The highest BCUT2D eigenvalue weighted by Gasteiger charge is 2.17. The maximum atomic E-state index is 11.9. The van der Waals surface area contributed by atoms with Crippen LogP contribution in [0.25, 0.3) is 0 Å². The molecule has 6 nitrogen and oxygen atoms in total. The number of ketones is 1. The van der Waals surface area contributed by atoms with E-state index in [1.54, 1.807) is 0 Å². The first-order valence-electron chi connectivity index (χ1n) is 5.68. The first-order valence-corrected chi connectivity index (χ1v) is 5.68. The van der Waals surface area contributed by atoms with Crippen molar-refractivity contribution in [2.75, 3.05) is 28.4 Å². The summed E-state index contributed by atoms with van der Waals surface area (Å²) in [6.07, 6.45) is 1.55. The summed E-state index contributed by atoms with van der Waals surface area (Å²) in [7, 11) is 6.09. The third kappa shape index (κ3) is 6.11. The van der Waals surface area contributed by atoms with Gasteiger partial charge in [-0.25, -0.2) is 0 Å². The summed E-state index contributed by atoms with van der Waals surface area (Å²) in [5, 5.41) is 0. The minimum Gasteiger partial charge on any atom is -0.404 e. The monoisotopic (exact) mass is 261 g/mol. The topological polar surface area (TPSA) is 80.0 Å². The van der Waals surface area contributed by atoms with Gasteiger partial charge in [0.25, 0.3) is 0 Å². The van der Waals surface area contributed by atoms with E-state index >= 15 is 0 Å². The molecule has 18 heavy (non-hydrogen) atoms. The maximum absolute atomic E-state index is 11.9. The quantitative estimate of drug-likeness (QED) is 0.463. The zero-order valence-corrected chi connectivity index (χ0v) is 11.5. The normalized spacial score (nSPS) is 12.4. The molecule has 0 aromatic rings. The minimum absolute atomic E-state index is 0.0595. The third-order valence-corrected chi connectivity index (χ3v) is 2.60. The van der Waals surface area contributed by atoms with Crippen molar-refractivity contribution in [2.45, 2.75) is 31.8 Å². The zero-order valence-electron chi connectivity index (χ0n) is 11.5. The Morgan fingerprint density at radius 3 is 1.94 bits per heavy atom. The fourth-order valence-corrected chi connectivity index (χ4v) is 1.46. The molecule has 0 saturated carbocycles. The summed E-state index contributed by atoms with van der Waals surface area (Å²) < 4.78 is 20.1. The lowest BCUT2D eigenvalue weighted by atomic mass is 10.0. The number of ether oxygens (including phenoxy) is 4. The molecule has 0 radical (unpaired) electrons. The Morgan fingerprint density at radius 1 is 1.06 bits per heavy atom. The van der Waals surface area contributed by atoms with Gasteiger partial charge in [-0.05, 0) is 0 Å². The van der Waals surface area contributed by atoms with Gasteiger partial charge in [0.05, 0.1) is 0 Å². The van der Waals surface area contributed by atoms with Crippen molar-refractivity contribution in [1.82, 2.24) is 0 Å². The molecule has 0 aromatic carbocycles. The number of hydrogen-bond donors (Lipinski definition) is 1. The van der Waals surface area contributed by atoms with Crippen LogP contribution in [0.3, 0.4) is 0 Å². The van der Waals surface area contributed by atoms with Crippen LogP contribution >= 0.6 is 0 Å². The van der Waals surface area contributed by atoms with Crippen LogP contribution in [0.2, 0.25) is 0 Å². The number of methoxy groups -OCH3 is 4. The summed E-state index contributed by atoms with van der Waals surface area (Å²) in [6, 6.07) is 0. The highest BCUT2D eigenvalue weighted by Crippen LogP contribution is 2.13. The van der Waals surface area contributed by atoms with Crippen molar-refractivity contribution >= 4 is 5.78 Å². The Morgan fingerprint density at radius 2 is 1.56 bits per heavy atom. The zero-order chi connectivity index (χ0) is 14.0. The van der Waals surface area contributed by atoms with Crippen molar-refractivity contribution in [3.63, 3.8) is 0 Å². The second-order valence-corrected chi connectivity index (χ2v) is 3.66. The Balaban J connectivity index is 4.28. The number of carbonyl (C=O) groups excluding carboxylic acids is 1. The summed E-state index contributed by atoms with van der Waals surface area (Å²) in [4.78, 5) is 11.9. The number of hydrogen-bond acceptors (Lipinski definition) is 6. The average molecular weight is 261 g/mol. The number of rotatable bonds is 10. The standard InChI is InChI=1S/C12H23NO5/c1-15-11(16-2)6-5-10(14)9(8-13)7-12(17-3)18-4/h8,11-12H,5-7,13H2,1-4H3/b9-8+. The number of nitrogens with two attached hydrogens (primary N) is 1. The van der Waals surface area contributed by atoms with E-state index in [0.29, 0.717) is 24.8 Å². The van der Waals surface area contributed by atoms with Crippen molar-refractivity contribution < 1.29 is 23.7 Å². The van der Waals surface area contributed by atoms with Crippen molar-refractivity contribution in [3.8, 4) is 0 Å². The molecule has 2 N–H and O–H groups in total. The maximum Gasteiger partial charge on any atom is 0.160 e. The van der Waals surface area contributed by atoms with Crippen LogP contribution in [-0.4, -0.2) is 46.8 Å². The van der Waals surface area contributed by atoms with Crippen LogP contribution in [0, 0.1) is 0 Å². The summed E-state index contributed by atoms with van der Waals surface area (Å²) >= 11 is 0. The second-order valence-electron chi connectivity index (χ2n) is 3.66. The van der Waals surface area contributed by atoms with Gasteiger partial charge in [0.1, 0.15) is 0 Å². The number of Topliss-reactive ketones (excluding diaryl/α,β-unsaturated/α-hetero) is 1. The van der Waals surface area contributed by atoms with Crippen LogP contribution in [0.15, 0.2) is 11.8 Å². The van der Waals surface area contributed by atoms with Gasteiger partial charge >= 0.3 is 0 Å². The van der Waals surface area contributed by atoms with Crippen LogP contribution in [-0.2, 0) is 23.7 Å². The molecule has 0 rings (SSSR count). The predicted molar refractivity (Wildman–Crippen MR) is 66.7 cm³/mol. The highest BCUT2D eigenvalue weighted by atomic mass is 16.7. The van der Waals surface area contributed by atoms with Crippen LogP contribution < -0.4 is 5.73 Å². The van der Waals surface area contributed by atoms with Gasteiger partial charge < -0.3 is 24.7 Å². The van der Waals surface area contributed by atoms with E-state index in [-0.39, 0.29) is 12.1 Å². The van der Waals surface area contributed by atoms with Gasteiger partial charge in [0.2, 0.25) is 0 Å². The lowest BCUT2D eigenvalue weighted by Crippen LogP contribution is -2.20. The molecule has 0 amide bonds. The third-order valence-electron chi connectivity index (χ3n) is 2.60. The molecule has 6 heteroatoms. The summed E-state index contributed by atoms with van der Waals surface area (Å²) in [6.45, 7) is 0. The van der Waals surface area contributed by atoms with Crippen molar-refractivity contribution in [2.24, 2.45) is 5.73 Å². The largest absolute Gasteiger partial charge is 0.404 e. The van der Waals surface area contributed by atoms with Crippen molar-refractivity contribution in [1.29, 1.82) is 0 Å². The SMILES string of the molecule is COC(CCC(=O)/C(=C/N)CC(OC)OC)OC. The van der Waals surface area contributed by atoms with E-state index < -0.39 is 6.29 Å². The molecule has 0 aliphatic rings. The van der Waals surface area contributed by atoms with E-state index in [0.717, 1.165) is 0 Å². The van der Waals surface area contributed by atoms with Gasteiger partial charge in [-0.2, -0.15) is 0 Å². The second kappa shape index (κ2) is 10.0. The molecular formula is C12H23NO5. The Labute approximate surface area is 108 Å². The van der Waals surface area contributed by atoms with Gasteiger partial charge in [0, 0.05) is 59.5 Å². The fourth-order valence-electron chi connectivity index (χ4n) is 1.46. The molecule has 106 valence electrons. The van der Waals surface area contributed by atoms with E-state index in [9.17, 15) is 4.79 Å². The number of carbonyl (C=O) groups is 1. The van der Waals surface area contributed by atoms with E-state index in [1.807, 2.05) is 0 Å². The van der Waals surface area contributed by atoms with Gasteiger partial charge in [-0.1, -0.05) is 0 Å². The van der Waals surface area contributed by atoms with Gasteiger partial charge in [0.15, 0.2) is 18.4 Å². The average Bonchev–Trinajstić information content (AvgIpc) is 2.41. The van der Waals surface area contributed by atoms with E-state index in [4.69, 9.17) is 24.7 Å². The molecular weight excluding hydrogens is 238 g/mol. The molecule has 0 fully saturated rings. The molecule has 0 saturated heterocycles. The Bertz CT molecular complexity index is 259. The molecule has 0 aliphatic carbocycles.